The second-order valence-electron chi connectivity index (χ2n) is 7.12. The third-order valence-corrected chi connectivity index (χ3v) is 4.89. The first-order valence-corrected chi connectivity index (χ1v) is 8.93. The molecule has 2 aliphatic rings. The van der Waals surface area contributed by atoms with E-state index >= 15 is 0 Å². The fourth-order valence-electron chi connectivity index (χ4n) is 3.46. The number of hydrogen-bond donors (Lipinski definition) is 1. The molecule has 0 aliphatic carbocycles. The largest absolute Gasteiger partial charge is 0.490 e. The van der Waals surface area contributed by atoms with Crippen LogP contribution in [0, 0.1) is 12.8 Å². The van der Waals surface area contributed by atoms with Crippen molar-refractivity contribution < 1.29 is 19.3 Å². The summed E-state index contributed by atoms with van der Waals surface area (Å²) in [6.45, 7) is 7.42. The zero-order valence-electron chi connectivity index (χ0n) is 14.6. The van der Waals surface area contributed by atoms with Gasteiger partial charge in [-0.25, -0.2) is 0 Å². The van der Waals surface area contributed by atoms with Gasteiger partial charge in [-0.15, -0.1) is 0 Å². The maximum absolute atomic E-state index is 11.0. The Kier molecular flexibility index (Phi) is 6.11. The van der Waals surface area contributed by atoms with E-state index in [-0.39, 0.29) is 6.61 Å². The Morgan fingerprint density at radius 2 is 2.00 bits per heavy atom. The van der Waals surface area contributed by atoms with Gasteiger partial charge in [0.25, 0.3) is 0 Å². The van der Waals surface area contributed by atoms with Crippen LogP contribution in [-0.4, -0.2) is 68.3 Å². The van der Waals surface area contributed by atoms with Crippen molar-refractivity contribution in [2.24, 2.45) is 5.92 Å². The smallest absolute Gasteiger partial charge is 0.134 e. The molecule has 1 aromatic carbocycles. The maximum Gasteiger partial charge on any atom is 0.134 e. The molecule has 0 amide bonds. The lowest BCUT2D eigenvalue weighted by Crippen LogP contribution is -2.50. The highest BCUT2D eigenvalue weighted by Gasteiger charge is 2.34. The average Bonchev–Trinajstić information content (AvgIpc) is 2.77. The predicted molar refractivity (Wildman–Crippen MR) is 92.4 cm³/mol. The fraction of sp³-hybridized carbons (Fsp3) is 0.684. The summed E-state index contributed by atoms with van der Waals surface area (Å²) in [4.78, 5) is 2.32. The molecule has 1 aromatic rings. The van der Waals surface area contributed by atoms with Crippen LogP contribution >= 0.6 is 0 Å². The zero-order chi connectivity index (χ0) is 16.8. The predicted octanol–water partition coefficient (Wildman–Crippen LogP) is 1.86. The third kappa shape index (κ3) is 4.93. The van der Waals surface area contributed by atoms with Gasteiger partial charge in [0.1, 0.15) is 18.0 Å². The van der Waals surface area contributed by atoms with Gasteiger partial charge in [-0.3, -0.25) is 4.90 Å². The molecule has 5 nitrogen and oxygen atoms in total. The van der Waals surface area contributed by atoms with Gasteiger partial charge in [0.15, 0.2) is 0 Å². The van der Waals surface area contributed by atoms with Crippen molar-refractivity contribution >= 4 is 0 Å². The molecule has 24 heavy (non-hydrogen) atoms. The Morgan fingerprint density at radius 3 is 2.79 bits per heavy atom. The van der Waals surface area contributed by atoms with E-state index in [9.17, 15) is 5.11 Å². The Morgan fingerprint density at radius 1 is 1.21 bits per heavy atom. The molecular formula is C19H29NO4. The number of aliphatic hydroxyl groups is 1. The molecule has 2 saturated heterocycles. The van der Waals surface area contributed by atoms with Gasteiger partial charge < -0.3 is 19.3 Å². The van der Waals surface area contributed by atoms with Crippen LogP contribution in [0.3, 0.4) is 0 Å². The summed E-state index contributed by atoms with van der Waals surface area (Å²) < 4.78 is 17.0. The second-order valence-corrected chi connectivity index (χ2v) is 7.12. The minimum absolute atomic E-state index is 0.252. The maximum atomic E-state index is 11.0. The molecule has 2 aliphatic heterocycles. The molecule has 0 unspecified atom stereocenters. The lowest BCUT2D eigenvalue weighted by atomic mass is 9.98. The van der Waals surface area contributed by atoms with Crippen molar-refractivity contribution in [3.63, 3.8) is 0 Å². The average molecular weight is 335 g/mol. The zero-order valence-corrected chi connectivity index (χ0v) is 14.6. The number of rotatable bonds is 5. The van der Waals surface area contributed by atoms with Crippen molar-refractivity contribution in [1.82, 2.24) is 4.90 Å². The van der Waals surface area contributed by atoms with Gasteiger partial charge >= 0.3 is 0 Å². The second kappa shape index (κ2) is 8.30. The van der Waals surface area contributed by atoms with Crippen LogP contribution in [0.4, 0.5) is 0 Å². The van der Waals surface area contributed by atoms with Gasteiger partial charge in [0.05, 0.1) is 13.2 Å². The van der Waals surface area contributed by atoms with Gasteiger partial charge in [0.2, 0.25) is 0 Å². The quantitative estimate of drug-likeness (QED) is 0.890. The molecule has 2 fully saturated rings. The Bertz CT molecular complexity index is 518. The summed E-state index contributed by atoms with van der Waals surface area (Å²) in [7, 11) is 0. The van der Waals surface area contributed by atoms with Crippen LogP contribution in [0.5, 0.6) is 5.75 Å². The monoisotopic (exact) mass is 335 g/mol. The number of para-hydroxylation sites is 1. The molecule has 5 heteroatoms. The van der Waals surface area contributed by atoms with Crippen molar-refractivity contribution in [1.29, 1.82) is 0 Å². The van der Waals surface area contributed by atoms with Gasteiger partial charge in [-0.1, -0.05) is 18.2 Å². The summed E-state index contributed by atoms with van der Waals surface area (Å²) >= 11 is 0. The van der Waals surface area contributed by atoms with Gasteiger partial charge in [0, 0.05) is 32.8 Å². The molecule has 0 aromatic heterocycles. The molecule has 0 saturated carbocycles. The highest BCUT2D eigenvalue weighted by Crippen LogP contribution is 2.22. The van der Waals surface area contributed by atoms with Gasteiger partial charge in [-0.2, -0.15) is 0 Å². The summed E-state index contributed by atoms with van der Waals surface area (Å²) in [6, 6.07) is 7.89. The van der Waals surface area contributed by atoms with Gasteiger partial charge in [-0.05, 0) is 37.3 Å². The summed E-state index contributed by atoms with van der Waals surface area (Å²) in [6.07, 6.45) is 2.21. The first-order chi connectivity index (χ1) is 11.6. The molecule has 3 rings (SSSR count). The van der Waals surface area contributed by atoms with Crippen molar-refractivity contribution in [2.75, 3.05) is 52.7 Å². The SMILES string of the molecule is Cc1ccccc1OC[C@]1(O)COCCN(CC2CCOCC2)C1. The Balaban J connectivity index is 1.57. The minimum Gasteiger partial charge on any atom is -0.490 e. The number of aryl methyl sites for hydroxylation is 1. The standard InChI is InChI=1S/C19H29NO4/c1-16-4-2-3-5-18(16)24-15-19(21)13-20(8-11-23-14-19)12-17-6-9-22-10-7-17/h2-5,17,21H,6-15H2,1H3/t19-/m1/s1. The number of hydrogen-bond acceptors (Lipinski definition) is 5. The van der Waals surface area contributed by atoms with Crippen LogP contribution in [0.1, 0.15) is 18.4 Å². The molecule has 2 heterocycles. The molecule has 1 atom stereocenters. The fourth-order valence-corrected chi connectivity index (χ4v) is 3.46. The molecule has 0 radical (unpaired) electrons. The third-order valence-electron chi connectivity index (χ3n) is 4.89. The number of ether oxygens (including phenoxy) is 3. The van der Waals surface area contributed by atoms with E-state index in [0.717, 1.165) is 50.5 Å². The van der Waals surface area contributed by atoms with Crippen LogP contribution in [0.15, 0.2) is 24.3 Å². The molecule has 134 valence electrons. The normalized spacial score (nSPS) is 26.9. The number of β-amino-alcohol motifs (C(OH)–C–C–N with tert-alkyl or cyclic N) is 1. The van der Waals surface area contributed by atoms with E-state index in [1.165, 1.54) is 0 Å². The lowest BCUT2D eigenvalue weighted by Gasteiger charge is -2.33. The summed E-state index contributed by atoms with van der Waals surface area (Å²) in [5.74, 6) is 1.48. The van der Waals surface area contributed by atoms with Crippen LogP contribution in [0.2, 0.25) is 0 Å². The molecular weight excluding hydrogens is 306 g/mol. The first kappa shape index (κ1) is 17.7. The minimum atomic E-state index is -0.968. The highest BCUT2D eigenvalue weighted by atomic mass is 16.5. The molecule has 0 bridgehead atoms. The highest BCUT2D eigenvalue weighted by molar-refractivity contribution is 5.31. The van der Waals surface area contributed by atoms with Crippen LogP contribution in [-0.2, 0) is 9.47 Å². The van der Waals surface area contributed by atoms with E-state index in [1.807, 2.05) is 31.2 Å². The van der Waals surface area contributed by atoms with E-state index in [4.69, 9.17) is 14.2 Å². The number of benzene rings is 1. The van der Waals surface area contributed by atoms with Crippen molar-refractivity contribution in [3.8, 4) is 5.75 Å². The molecule has 0 spiro atoms. The van der Waals surface area contributed by atoms with Crippen molar-refractivity contribution in [2.45, 2.75) is 25.4 Å². The van der Waals surface area contributed by atoms with E-state index in [1.54, 1.807) is 0 Å². The van der Waals surface area contributed by atoms with E-state index < -0.39 is 5.60 Å². The first-order valence-electron chi connectivity index (χ1n) is 8.93. The topological polar surface area (TPSA) is 51.2 Å². The molecule has 1 N–H and O–H groups in total. The lowest BCUT2D eigenvalue weighted by molar-refractivity contribution is -0.0660. The summed E-state index contributed by atoms with van der Waals surface area (Å²) in [5, 5.41) is 11.0. The van der Waals surface area contributed by atoms with E-state index in [2.05, 4.69) is 4.90 Å². The van der Waals surface area contributed by atoms with Crippen LogP contribution < -0.4 is 4.74 Å². The number of nitrogens with zero attached hydrogens (tertiary/aromatic N) is 1. The summed E-state index contributed by atoms with van der Waals surface area (Å²) in [5.41, 5.74) is 0.110. The Hall–Kier alpha value is -1.14. The van der Waals surface area contributed by atoms with E-state index in [0.29, 0.717) is 25.7 Å². The Labute approximate surface area is 144 Å². The van der Waals surface area contributed by atoms with Crippen molar-refractivity contribution in [3.05, 3.63) is 29.8 Å². The van der Waals surface area contributed by atoms with Crippen LogP contribution in [0.25, 0.3) is 0 Å².